The monoisotopic (exact) mass is 514 g/mol. The van der Waals surface area contributed by atoms with Crippen molar-refractivity contribution in [3.05, 3.63) is 42.1 Å². The van der Waals surface area contributed by atoms with Crippen LogP contribution in [0.25, 0.3) is 11.3 Å². The average Bonchev–Trinajstić information content (AvgIpc) is 3.10. The van der Waals surface area contributed by atoms with Crippen LogP contribution in [0.5, 0.6) is 5.75 Å². The van der Waals surface area contributed by atoms with Crippen LogP contribution in [0.4, 0.5) is 22.8 Å². The first-order valence-corrected chi connectivity index (χ1v) is 11.9. The molecule has 13 heteroatoms. The summed E-state index contributed by atoms with van der Waals surface area (Å²) in [6.07, 6.45) is -2.93. The lowest BCUT2D eigenvalue weighted by molar-refractivity contribution is -0.274. The highest BCUT2D eigenvalue weighted by Gasteiger charge is 2.32. The van der Waals surface area contributed by atoms with E-state index in [0.717, 1.165) is 24.6 Å². The van der Waals surface area contributed by atoms with E-state index in [4.69, 9.17) is 4.74 Å². The molecule has 9 nitrogen and oxygen atoms in total. The Labute approximate surface area is 202 Å². The Hall–Kier alpha value is -3.35. The molecule has 1 saturated heterocycles. The van der Waals surface area contributed by atoms with E-state index in [1.54, 1.807) is 22.9 Å². The topological polar surface area (TPSA) is 101 Å². The number of nitrogens with one attached hydrogen (secondary N) is 1. The van der Waals surface area contributed by atoms with Crippen molar-refractivity contribution >= 4 is 23.1 Å². The fourth-order valence-electron chi connectivity index (χ4n) is 3.29. The summed E-state index contributed by atoms with van der Waals surface area (Å²) in [5.74, 6) is -0.532. The van der Waals surface area contributed by atoms with Crippen LogP contribution in [0.1, 0.15) is 25.3 Å². The minimum Gasteiger partial charge on any atom is -0.449 e. The van der Waals surface area contributed by atoms with Gasteiger partial charge in [-0.2, -0.15) is 0 Å². The first kappa shape index (κ1) is 26.3. The van der Waals surface area contributed by atoms with Crippen LogP contribution in [-0.4, -0.2) is 64.2 Å². The number of urea groups is 1. The van der Waals surface area contributed by atoms with Crippen molar-refractivity contribution < 1.29 is 36.4 Å². The second-order valence-corrected chi connectivity index (χ2v) is 8.92. The SMILES string of the molecule is CCCCOC(=O)NS(=O)c1ccc(OC(F)(F)F)cc1-c1ccc(CN2CCN(C)C2=O)cn1. The molecule has 0 aliphatic carbocycles. The van der Waals surface area contributed by atoms with Gasteiger partial charge in [-0.3, -0.25) is 4.98 Å². The van der Waals surface area contributed by atoms with Crippen LogP contribution in [0, 0.1) is 0 Å². The summed E-state index contributed by atoms with van der Waals surface area (Å²) in [5.41, 5.74) is 0.985. The molecular formula is C22H25F3N4O5S. The molecule has 35 heavy (non-hydrogen) atoms. The number of nitrogens with zero attached hydrogens (tertiary/aromatic N) is 3. The minimum atomic E-state index is -4.92. The van der Waals surface area contributed by atoms with Gasteiger partial charge in [0.25, 0.3) is 0 Å². The Morgan fingerprint density at radius 1 is 1.23 bits per heavy atom. The summed E-state index contributed by atoms with van der Waals surface area (Å²) in [6.45, 7) is 3.55. The number of unbranched alkanes of at least 4 members (excludes halogenated alkanes) is 1. The maximum absolute atomic E-state index is 12.8. The number of aromatic nitrogens is 1. The summed E-state index contributed by atoms with van der Waals surface area (Å²) in [5, 5.41) is 0. The van der Waals surface area contributed by atoms with E-state index in [9.17, 15) is 27.0 Å². The van der Waals surface area contributed by atoms with Gasteiger partial charge in [0, 0.05) is 38.4 Å². The molecular weight excluding hydrogens is 489 g/mol. The molecule has 0 bridgehead atoms. The van der Waals surface area contributed by atoms with Crippen LogP contribution in [0.15, 0.2) is 41.4 Å². The number of hydrogen-bond acceptors (Lipinski definition) is 6. The third-order valence-electron chi connectivity index (χ3n) is 5.07. The zero-order valence-corrected chi connectivity index (χ0v) is 19.9. The molecule has 1 aromatic carbocycles. The van der Waals surface area contributed by atoms with E-state index < -0.39 is 29.2 Å². The fraction of sp³-hybridized carbons (Fsp3) is 0.409. The first-order chi connectivity index (χ1) is 16.6. The van der Waals surface area contributed by atoms with Crippen LogP contribution in [0.2, 0.25) is 0 Å². The van der Waals surface area contributed by atoms with Crippen molar-refractivity contribution in [2.45, 2.75) is 37.6 Å². The van der Waals surface area contributed by atoms with Gasteiger partial charge < -0.3 is 19.3 Å². The molecule has 3 rings (SSSR count). The molecule has 3 amide bonds. The molecule has 1 N–H and O–H groups in total. The second kappa shape index (κ2) is 11.4. The van der Waals surface area contributed by atoms with E-state index in [1.807, 2.05) is 6.92 Å². The van der Waals surface area contributed by atoms with E-state index in [-0.39, 0.29) is 28.8 Å². The third-order valence-corrected chi connectivity index (χ3v) is 6.18. The quantitative estimate of drug-likeness (QED) is 0.507. The van der Waals surface area contributed by atoms with Gasteiger partial charge in [0.05, 0.1) is 17.2 Å². The molecule has 1 atom stereocenters. The van der Waals surface area contributed by atoms with Gasteiger partial charge in [-0.25, -0.2) is 18.5 Å². The molecule has 0 saturated carbocycles. The Morgan fingerprint density at radius 3 is 2.60 bits per heavy atom. The molecule has 0 radical (unpaired) electrons. The third kappa shape index (κ3) is 7.31. The summed E-state index contributed by atoms with van der Waals surface area (Å²) in [4.78, 5) is 31.5. The number of pyridine rings is 1. The number of carbonyl (C=O) groups is 2. The van der Waals surface area contributed by atoms with E-state index in [2.05, 4.69) is 14.4 Å². The first-order valence-electron chi connectivity index (χ1n) is 10.8. The molecule has 1 fully saturated rings. The number of benzene rings is 1. The van der Waals surface area contributed by atoms with Crippen LogP contribution >= 0.6 is 0 Å². The standard InChI is InChI=1S/C22H25F3N4O5S/c1-3-4-11-33-20(30)27-35(32)19-8-6-16(34-22(23,24)25)12-17(19)18-7-5-15(13-26-18)14-29-10-9-28(2)21(29)31/h5-8,12-13H,3-4,9-11,14H2,1-2H3,(H,27,30). The summed E-state index contributed by atoms with van der Waals surface area (Å²) in [6, 6.07) is 6.30. The number of likely N-dealkylation sites (N-methyl/N-ethyl adjacent to an activating group) is 1. The molecule has 2 heterocycles. The van der Waals surface area contributed by atoms with Crippen molar-refractivity contribution in [3.63, 3.8) is 0 Å². The molecule has 1 unspecified atom stereocenters. The minimum absolute atomic E-state index is 0.0172. The summed E-state index contributed by atoms with van der Waals surface area (Å²) in [7, 11) is -0.437. The van der Waals surface area contributed by atoms with Gasteiger partial charge in [-0.1, -0.05) is 19.4 Å². The predicted molar refractivity (Wildman–Crippen MR) is 121 cm³/mol. The summed E-state index contributed by atoms with van der Waals surface area (Å²) >= 11 is 0. The molecule has 2 aromatic rings. The second-order valence-electron chi connectivity index (χ2n) is 7.74. The molecule has 1 aliphatic heterocycles. The largest absolute Gasteiger partial charge is 0.573 e. The van der Waals surface area contributed by atoms with Crippen molar-refractivity contribution in [2.75, 3.05) is 26.7 Å². The number of amides is 3. The van der Waals surface area contributed by atoms with Crippen molar-refractivity contribution in [1.29, 1.82) is 0 Å². The highest BCUT2D eigenvalue weighted by atomic mass is 32.2. The van der Waals surface area contributed by atoms with Gasteiger partial charge in [0.15, 0.2) is 11.0 Å². The van der Waals surface area contributed by atoms with Gasteiger partial charge in [-0.15, -0.1) is 13.2 Å². The zero-order chi connectivity index (χ0) is 25.6. The number of ether oxygens (including phenoxy) is 2. The number of carbonyl (C=O) groups excluding carboxylic acids is 2. The number of alkyl halides is 3. The average molecular weight is 515 g/mol. The van der Waals surface area contributed by atoms with E-state index >= 15 is 0 Å². The number of rotatable bonds is 9. The van der Waals surface area contributed by atoms with E-state index in [1.165, 1.54) is 12.3 Å². The lowest BCUT2D eigenvalue weighted by atomic mass is 10.1. The number of hydrogen-bond donors (Lipinski definition) is 1. The summed E-state index contributed by atoms with van der Waals surface area (Å²) < 4.78 is 62.2. The van der Waals surface area contributed by atoms with Gasteiger partial charge >= 0.3 is 18.5 Å². The van der Waals surface area contributed by atoms with Crippen LogP contribution in [-0.2, 0) is 22.3 Å². The van der Waals surface area contributed by atoms with E-state index in [0.29, 0.717) is 31.6 Å². The highest BCUT2D eigenvalue weighted by molar-refractivity contribution is 7.83. The number of halogens is 3. The normalized spacial score (nSPS) is 14.7. The molecule has 1 aromatic heterocycles. The lowest BCUT2D eigenvalue weighted by Gasteiger charge is -2.16. The van der Waals surface area contributed by atoms with Crippen molar-refractivity contribution in [1.82, 2.24) is 19.5 Å². The van der Waals surface area contributed by atoms with Gasteiger partial charge in [0.1, 0.15) is 5.75 Å². The van der Waals surface area contributed by atoms with Crippen LogP contribution < -0.4 is 9.46 Å². The Kier molecular flexibility index (Phi) is 8.54. The smallest absolute Gasteiger partial charge is 0.449 e. The molecule has 0 spiro atoms. The van der Waals surface area contributed by atoms with Crippen molar-refractivity contribution in [3.8, 4) is 17.0 Å². The van der Waals surface area contributed by atoms with Gasteiger partial charge in [-0.05, 0) is 36.2 Å². The Morgan fingerprint density at radius 2 is 2.00 bits per heavy atom. The highest BCUT2D eigenvalue weighted by Crippen LogP contribution is 2.32. The van der Waals surface area contributed by atoms with Gasteiger partial charge in [0.2, 0.25) is 0 Å². The lowest BCUT2D eigenvalue weighted by Crippen LogP contribution is -2.28. The zero-order valence-electron chi connectivity index (χ0n) is 19.1. The fourth-order valence-corrected chi connectivity index (χ4v) is 4.16. The molecule has 190 valence electrons. The molecule has 1 aliphatic rings. The maximum Gasteiger partial charge on any atom is 0.573 e. The Bertz CT molecular complexity index is 1080. The Balaban J connectivity index is 1.84. The maximum atomic E-state index is 12.8. The van der Waals surface area contributed by atoms with Crippen molar-refractivity contribution in [2.24, 2.45) is 0 Å². The predicted octanol–water partition coefficient (Wildman–Crippen LogP) is 4.06. The van der Waals surface area contributed by atoms with Crippen LogP contribution in [0.3, 0.4) is 0 Å².